The fourth-order valence-electron chi connectivity index (χ4n) is 2.91. The van der Waals surface area contributed by atoms with Gasteiger partial charge in [0.1, 0.15) is 5.82 Å². The minimum Gasteiger partial charge on any atom is -0.480 e. The summed E-state index contributed by atoms with van der Waals surface area (Å²) >= 11 is 6.07. The molecule has 2 heterocycles. The molecule has 3 rings (SSSR count). The van der Waals surface area contributed by atoms with Gasteiger partial charge in [-0.15, -0.1) is 0 Å². The molecule has 2 aromatic rings. The lowest BCUT2D eigenvalue weighted by Gasteiger charge is -2.34. The van der Waals surface area contributed by atoms with Crippen LogP contribution < -0.4 is 4.90 Å². The minimum atomic E-state index is 0.497. The Morgan fingerprint density at radius 1 is 1.19 bits per heavy atom. The van der Waals surface area contributed by atoms with Gasteiger partial charge in [-0.05, 0) is 31.3 Å². The van der Waals surface area contributed by atoms with Crippen molar-refractivity contribution in [3.05, 3.63) is 65.3 Å². The van der Waals surface area contributed by atoms with Crippen LogP contribution >= 0.6 is 11.6 Å². The average molecular weight is 371 g/mol. The van der Waals surface area contributed by atoms with Gasteiger partial charge in [-0.3, -0.25) is 0 Å². The Bertz CT molecular complexity index is 813. The van der Waals surface area contributed by atoms with Crippen LogP contribution in [0.25, 0.3) is 5.70 Å². The van der Waals surface area contributed by atoms with Crippen molar-refractivity contribution in [1.82, 2.24) is 9.88 Å². The lowest BCUT2D eigenvalue weighted by molar-refractivity contribution is 0.312. The molecule has 1 aromatic heterocycles. The largest absolute Gasteiger partial charge is 0.480 e. The number of likely N-dealkylation sites (N-methyl/N-ethyl adjacent to an activating group) is 1. The summed E-state index contributed by atoms with van der Waals surface area (Å²) < 4.78 is 5.59. The van der Waals surface area contributed by atoms with Crippen molar-refractivity contribution in [3.8, 4) is 0 Å². The number of pyridine rings is 1. The van der Waals surface area contributed by atoms with Gasteiger partial charge in [-0.2, -0.15) is 0 Å². The van der Waals surface area contributed by atoms with E-state index in [0.717, 1.165) is 43.1 Å². The van der Waals surface area contributed by atoms with Gasteiger partial charge in [0.15, 0.2) is 0 Å². The van der Waals surface area contributed by atoms with E-state index in [2.05, 4.69) is 33.4 Å². The number of benzene rings is 1. The normalized spacial score (nSPS) is 15.8. The number of hydrogen-bond donors (Lipinski definition) is 0. The molecular formula is C20H23ClN4O. The Morgan fingerprint density at radius 3 is 2.65 bits per heavy atom. The van der Waals surface area contributed by atoms with Crippen LogP contribution in [0.5, 0.6) is 0 Å². The summed E-state index contributed by atoms with van der Waals surface area (Å²) in [5, 5.41) is 0.650. The molecule has 0 aliphatic carbocycles. The lowest BCUT2D eigenvalue weighted by Crippen LogP contribution is -2.45. The van der Waals surface area contributed by atoms with Gasteiger partial charge in [-0.25, -0.2) is 9.98 Å². The topological polar surface area (TPSA) is 41.0 Å². The summed E-state index contributed by atoms with van der Waals surface area (Å²) in [6, 6.07) is 11.3. The van der Waals surface area contributed by atoms with Crippen molar-refractivity contribution < 1.29 is 4.74 Å². The summed E-state index contributed by atoms with van der Waals surface area (Å²) in [7, 11) is 3.75. The highest BCUT2D eigenvalue weighted by atomic mass is 35.5. The molecule has 0 amide bonds. The van der Waals surface area contributed by atoms with E-state index in [4.69, 9.17) is 16.3 Å². The van der Waals surface area contributed by atoms with Crippen molar-refractivity contribution in [3.63, 3.8) is 0 Å². The molecule has 5 nitrogen and oxygen atoms in total. The molecule has 1 aromatic carbocycles. The average Bonchev–Trinajstić information content (AvgIpc) is 2.66. The molecule has 0 radical (unpaired) electrons. The highest BCUT2D eigenvalue weighted by Crippen LogP contribution is 2.23. The highest BCUT2D eigenvalue weighted by Gasteiger charge is 2.21. The molecule has 0 bridgehead atoms. The van der Waals surface area contributed by atoms with E-state index >= 15 is 0 Å². The number of nitrogens with zero attached hydrogens (tertiary/aromatic N) is 4. The summed E-state index contributed by atoms with van der Waals surface area (Å²) in [6.07, 6.45) is 1.80. The van der Waals surface area contributed by atoms with Crippen LogP contribution in [0.15, 0.2) is 54.2 Å². The van der Waals surface area contributed by atoms with Crippen LogP contribution in [0.3, 0.4) is 0 Å². The Labute approximate surface area is 159 Å². The molecule has 1 aliphatic rings. The Morgan fingerprint density at radius 2 is 1.96 bits per heavy atom. The van der Waals surface area contributed by atoms with Crippen LogP contribution in [0.1, 0.15) is 11.1 Å². The van der Waals surface area contributed by atoms with Crippen molar-refractivity contribution >= 4 is 29.0 Å². The molecule has 0 unspecified atom stereocenters. The second-order valence-electron chi connectivity index (χ2n) is 6.24. The highest BCUT2D eigenvalue weighted by molar-refractivity contribution is 6.30. The number of halogens is 1. The van der Waals surface area contributed by atoms with Gasteiger partial charge >= 0.3 is 0 Å². The number of aliphatic imine (C=N–C) groups is 1. The first-order chi connectivity index (χ1) is 12.6. The van der Waals surface area contributed by atoms with Crippen LogP contribution in [0.2, 0.25) is 5.02 Å². The minimum absolute atomic E-state index is 0.497. The van der Waals surface area contributed by atoms with E-state index in [1.807, 2.05) is 36.4 Å². The van der Waals surface area contributed by atoms with E-state index in [1.54, 1.807) is 13.3 Å². The quantitative estimate of drug-likeness (QED) is 0.609. The zero-order chi connectivity index (χ0) is 18.5. The monoisotopic (exact) mass is 370 g/mol. The molecule has 0 spiro atoms. The molecule has 1 fully saturated rings. The number of aromatic nitrogens is 1. The Kier molecular flexibility index (Phi) is 5.91. The van der Waals surface area contributed by atoms with E-state index < -0.39 is 0 Å². The maximum atomic E-state index is 6.07. The smallest absolute Gasteiger partial charge is 0.224 e. The van der Waals surface area contributed by atoms with Crippen LogP contribution in [0.4, 0.5) is 5.82 Å². The van der Waals surface area contributed by atoms with Gasteiger partial charge < -0.3 is 14.5 Å². The Balaban J connectivity index is 1.92. The molecule has 0 atom stereocenters. The maximum absolute atomic E-state index is 6.07. The van der Waals surface area contributed by atoms with E-state index in [1.165, 1.54) is 0 Å². The van der Waals surface area contributed by atoms with E-state index in [0.29, 0.717) is 16.6 Å². The van der Waals surface area contributed by atoms with Crippen LogP contribution in [-0.4, -0.2) is 56.1 Å². The first-order valence-corrected chi connectivity index (χ1v) is 8.92. The van der Waals surface area contributed by atoms with Gasteiger partial charge in [-0.1, -0.05) is 30.3 Å². The number of anilines is 1. The summed E-state index contributed by atoms with van der Waals surface area (Å²) in [4.78, 5) is 13.8. The number of hydrogen-bond acceptors (Lipinski definition) is 5. The molecular weight excluding hydrogens is 348 g/mol. The third kappa shape index (κ3) is 4.23. The lowest BCUT2D eigenvalue weighted by atomic mass is 10.1. The summed E-state index contributed by atoms with van der Waals surface area (Å²) in [5.41, 5.74) is 2.32. The standard InChI is InChI=1S/C20H23ClN4O/c1-15(16-6-4-7-17(21)14-16)23-20(26-3)18-8-5-9-22-19(18)25-12-10-24(2)11-13-25/h4-9,14H,1,10-13H2,2-3H3. The Hall–Kier alpha value is -2.37. The zero-order valence-corrected chi connectivity index (χ0v) is 15.9. The van der Waals surface area contributed by atoms with Crippen molar-refractivity contribution in [1.29, 1.82) is 0 Å². The maximum Gasteiger partial charge on any atom is 0.224 e. The van der Waals surface area contributed by atoms with Crippen molar-refractivity contribution in [2.24, 2.45) is 4.99 Å². The van der Waals surface area contributed by atoms with Gasteiger partial charge in [0.2, 0.25) is 5.90 Å². The number of rotatable bonds is 4. The first kappa shape index (κ1) is 18.4. The zero-order valence-electron chi connectivity index (χ0n) is 15.2. The number of piperazine rings is 1. The number of ether oxygens (including phenoxy) is 1. The molecule has 0 N–H and O–H groups in total. The fraction of sp³-hybridized carbons (Fsp3) is 0.300. The SMILES string of the molecule is C=C(N=C(OC)c1cccnc1N1CCN(C)CC1)c1cccc(Cl)c1. The molecule has 1 aliphatic heterocycles. The van der Waals surface area contributed by atoms with E-state index in [9.17, 15) is 0 Å². The van der Waals surface area contributed by atoms with Crippen LogP contribution in [0, 0.1) is 0 Å². The summed E-state index contributed by atoms with van der Waals surface area (Å²) in [6.45, 7) is 7.92. The molecule has 6 heteroatoms. The second-order valence-corrected chi connectivity index (χ2v) is 6.68. The predicted molar refractivity (Wildman–Crippen MR) is 108 cm³/mol. The van der Waals surface area contributed by atoms with Gasteiger partial charge in [0.05, 0.1) is 18.4 Å². The van der Waals surface area contributed by atoms with Gasteiger partial charge in [0.25, 0.3) is 0 Å². The van der Waals surface area contributed by atoms with Crippen molar-refractivity contribution in [2.45, 2.75) is 0 Å². The summed E-state index contributed by atoms with van der Waals surface area (Å²) in [5.74, 6) is 1.39. The first-order valence-electron chi connectivity index (χ1n) is 8.55. The second kappa shape index (κ2) is 8.34. The third-order valence-electron chi connectivity index (χ3n) is 4.41. The molecule has 1 saturated heterocycles. The molecule has 26 heavy (non-hydrogen) atoms. The molecule has 0 saturated carbocycles. The third-order valence-corrected chi connectivity index (χ3v) is 4.64. The van der Waals surface area contributed by atoms with Crippen LogP contribution in [-0.2, 0) is 4.74 Å². The van der Waals surface area contributed by atoms with Gasteiger partial charge in [0, 0.05) is 43.0 Å². The van der Waals surface area contributed by atoms with Crippen molar-refractivity contribution in [2.75, 3.05) is 45.2 Å². The molecule has 136 valence electrons. The predicted octanol–water partition coefficient (Wildman–Crippen LogP) is 3.55. The van der Waals surface area contributed by atoms with E-state index in [-0.39, 0.29) is 0 Å². The fourth-order valence-corrected chi connectivity index (χ4v) is 3.10. The number of methoxy groups -OCH3 is 1.